The third-order valence-electron chi connectivity index (χ3n) is 5.23. The summed E-state index contributed by atoms with van der Waals surface area (Å²) in [6.07, 6.45) is 0. The molecule has 0 aliphatic carbocycles. The van der Waals surface area contributed by atoms with Crippen molar-refractivity contribution < 1.29 is 9.90 Å². The zero-order chi connectivity index (χ0) is 19.7. The Morgan fingerprint density at radius 1 is 0.929 bits per heavy atom. The molecule has 0 radical (unpaired) electrons. The molecule has 1 aliphatic rings. The molecule has 0 spiro atoms. The molecule has 1 amide bonds. The Morgan fingerprint density at radius 3 is 2.25 bits per heavy atom. The van der Waals surface area contributed by atoms with E-state index >= 15 is 0 Å². The van der Waals surface area contributed by atoms with E-state index in [9.17, 15) is 9.90 Å². The second-order valence-corrected chi connectivity index (χ2v) is 6.89. The van der Waals surface area contributed by atoms with Gasteiger partial charge in [0.25, 0.3) is 5.91 Å². The standard InChI is InChI=1S/C23H23N3O2/c1-3-26(4-2)14-15-10-12-17(13-11-15)21-19-18(22(27)25-21)20(24-23(19)28)16-8-6-5-7-9-16/h5-13,24,28H,3-4,14H2,1-2H3. The maximum Gasteiger partial charge on any atom is 0.280 e. The van der Waals surface area contributed by atoms with E-state index < -0.39 is 0 Å². The highest BCUT2D eigenvalue weighted by Gasteiger charge is 2.33. The lowest BCUT2D eigenvalue weighted by molar-refractivity contribution is 0.101. The van der Waals surface area contributed by atoms with Gasteiger partial charge >= 0.3 is 0 Å². The third kappa shape index (κ3) is 3.14. The van der Waals surface area contributed by atoms with E-state index in [0.29, 0.717) is 22.5 Å². The molecule has 0 saturated heterocycles. The lowest BCUT2D eigenvalue weighted by Gasteiger charge is -2.18. The molecule has 1 aliphatic heterocycles. The van der Waals surface area contributed by atoms with Gasteiger partial charge in [0.2, 0.25) is 0 Å². The van der Waals surface area contributed by atoms with Gasteiger partial charge in [-0.15, -0.1) is 0 Å². The van der Waals surface area contributed by atoms with Crippen molar-refractivity contribution in [3.63, 3.8) is 0 Å². The van der Waals surface area contributed by atoms with Gasteiger partial charge in [-0.3, -0.25) is 9.69 Å². The summed E-state index contributed by atoms with van der Waals surface area (Å²) in [6.45, 7) is 7.19. The van der Waals surface area contributed by atoms with E-state index in [1.54, 1.807) is 0 Å². The summed E-state index contributed by atoms with van der Waals surface area (Å²) in [5.74, 6) is -0.349. The number of nitrogens with one attached hydrogen (secondary N) is 1. The van der Waals surface area contributed by atoms with E-state index in [1.807, 2.05) is 42.5 Å². The Kier molecular flexibility index (Phi) is 4.84. The first-order chi connectivity index (χ1) is 13.6. The number of aromatic nitrogens is 1. The lowest BCUT2D eigenvalue weighted by atomic mass is 9.99. The number of aromatic amines is 1. The molecule has 0 unspecified atom stereocenters. The van der Waals surface area contributed by atoms with Crippen molar-refractivity contribution in [2.45, 2.75) is 20.4 Å². The molecule has 2 N–H and O–H groups in total. The van der Waals surface area contributed by atoms with E-state index in [1.165, 1.54) is 5.56 Å². The Bertz CT molecular complexity index is 1030. The van der Waals surface area contributed by atoms with Crippen LogP contribution < -0.4 is 0 Å². The molecule has 0 fully saturated rings. The Balaban J connectivity index is 1.68. The third-order valence-corrected chi connectivity index (χ3v) is 5.23. The summed E-state index contributed by atoms with van der Waals surface area (Å²) in [5.41, 5.74) is 4.93. The number of carbonyl (C=O) groups excluding carboxylic acids is 1. The zero-order valence-electron chi connectivity index (χ0n) is 16.1. The highest BCUT2D eigenvalue weighted by molar-refractivity contribution is 6.30. The fraction of sp³-hybridized carbons (Fsp3) is 0.217. The van der Waals surface area contributed by atoms with Crippen LogP contribution in [-0.2, 0) is 6.54 Å². The van der Waals surface area contributed by atoms with Crippen molar-refractivity contribution in [1.29, 1.82) is 0 Å². The molecule has 28 heavy (non-hydrogen) atoms. The predicted molar refractivity (Wildman–Crippen MR) is 111 cm³/mol. The number of nitrogens with zero attached hydrogens (tertiary/aromatic N) is 2. The SMILES string of the molecule is CCN(CC)Cc1ccc(C2=NC(=O)c3c(-c4ccccc4)[nH]c(O)c32)cc1. The molecule has 2 aromatic carbocycles. The van der Waals surface area contributed by atoms with Gasteiger partial charge < -0.3 is 10.1 Å². The molecular formula is C23H23N3O2. The van der Waals surface area contributed by atoms with Crippen LogP contribution in [0.2, 0.25) is 0 Å². The minimum atomic E-state index is -0.326. The number of rotatable bonds is 6. The van der Waals surface area contributed by atoms with Gasteiger partial charge in [-0.25, -0.2) is 4.99 Å². The molecule has 5 nitrogen and oxygen atoms in total. The van der Waals surface area contributed by atoms with Crippen LogP contribution in [0.4, 0.5) is 0 Å². The molecule has 1 aromatic heterocycles. The highest BCUT2D eigenvalue weighted by atomic mass is 16.3. The van der Waals surface area contributed by atoms with Gasteiger partial charge in [-0.05, 0) is 24.2 Å². The summed E-state index contributed by atoms with van der Waals surface area (Å²) >= 11 is 0. The van der Waals surface area contributed by atoms with Crippen molar-refractivity contribution in [2.24, 2.45) is 4.99 Å². The average Bonchev–Trinajstić information content (AvgIpc) is 3.26. The van der Waals surface area contributed by atoms with Gasteiger partial charge in [0.15, 0.2) is 5.88 Å². The molecular weight excluding hydrogens is 350 g/mol. The highest BCUT2D eigenvalue weighted by Crippen LogP contribution is 2.37. The zero-order valence-corrected chi connectivity index (χ0v) is 16.1. The van der Waals surface area contributed by atoms with Gasteiger partial charge in [0.05, 0.1) is 22.5 Å². The molecule has 3 aromatic rings. The molecule has 0 saturated carbocycles. The van der Waals surface area contributed by atoms with E-state index in [4.69, 9.17) is 0 Å². The molecule has 5 heteroatoms. The number of amides is 1. The predicted octanol–water partition coefficient (Wildman–Crippen LogP) is 4.22. The quantitative estimate of drug-likeness (QED) is 0.680. The molecule has 0 bridgehead atoms. The normalized spacial score (nSPS) is 13.1. The lowest BCUT2D eigenvalue weighted by Crippen LogP contribution is -2.22. The first-order valence-corrected chi connectivity index (χ1v) is 9.57. The van der Waals surface area contributed by atoms with Crippen molar-refractivity contribution in [3.8, 4) is 17.1 Å². The number of hydrogen-bond acceptors (Lipinski definition) is 3. The number of fused-ring (bicyclic) bond motifs is 1. The van der Waals surface area contributed by atoms with Crippen LogP contribution >= 0.6 is 0 Å². The van der Waals surface area contributed by atoms with Crippen molar-refractivity contribution in [1.82, 2.24) is 9.88 Å². The van der Waals surface area contributed by atoms with Gasteiger partial charge in [0.1, 0.15) is 0 Å². The molecule has 4 rings (SSSR count). The largest absolute Gasteiger partial charge is 0.494 e. The van der Waals surface area contributed by atoms with Crippen LogP contribution in [0, 0.1) is 0 Å². The monoisotopic (exact) mass is 373 g/mol. The van der Waals surface area contributed by atoms with Crippen LogP contribution in [0.3, 0.4) is 0 Å². The van der Waals surface area contributed by atoms with Crippen LogP contribution in [0.5, 0.6) is 5.88 Å². The van der Waals surface area contributed by atoms with Crippen molar-refractivity contribution >= 4 is 11.6 Å². The number of carbonyl (C=O) groups is 1. The average molecular weight is 373 g/mol. The Labute approximate surface area is 164 Å². The van der Waals surface area contributed by atoms with Crippen LogP contribution in [-0.4, -0.2) is 39.7 Å². The minimum absolute atomic E-state index is 0.0225. The fourth-order valence-electron chi connectivity index (χ4n) is 3.65. The van der Waals surface area contributed by atoms with Gasteiger partial charge in [-0.2, -0.15) is 0 Å². The van der Waals surface area contributed by atoms with E-state index in [-0.39, 0.29) is 11.8 Å². The summed E-state index contributed by atoms with van der Waals surface area (Å²) in [5, 5.41) is 10.5. The van der Waals surface area contributed by atoms with Crippen LogP contribution in [0.15, 0.2) is 59.6 Å². The number of benzene rings is 2. The smallest absolute Gasteiger partial charge is 0.280 e. The number of H-pyrrole nitrogens is 1. The summed E-state index contributed by atoms with van der Waals surface area (Å²) in [6, 6.07) is 17.6. The Morgan fingerprint density at radius 2 is 1.61 bits per heavy atom. The first-order valence-electron chi connectivity index (χ1n) is 9.57. The number of hydrogen-bond donors (Lipinski definition) is 2. The number of aromatic hydroxyl groups is 1. The summed E-state index contributed by atoms with van der Waals surface area (Å²) < 4.78 is 0. The fourth-order valence-corrected chi connectivity index (χ4v) is 3.65. The molecule has 0 atom stereocenters. The maximum absolute atomic E-state index is 12.6. The number of aliphatic imine (C=N–C) groups is 1. The van der Waals surface area contributed by atoms with Crippen molar-refractivity contribution in [2.75, 3.05) is 13.1 Å². The maximum atomic E-state index is 12.6. The minimum Gasteiger partial charge on any atom is -0.494 e. The van der Waals surface area contributed by atoms with E-state index in [2.05, 4.69) is 40.9 Å². The second-order valence-electron chi connectivity index (χ2n) is 6.89. The van der Waals surface area contributed by atoms with Crippen LogP contribution in [0.1, 0.15) is 40.9 Å². The topological polar surface area (TPSA) is 68.7 Å². The molecule has 142 valence electrons. The Hall–Kier alpha value is -3.18. The van der Waals surface area contributed by atoms with Gasteiger partial charge in [-0.1, -0.05) is 68.4 Å². The summed E-state index contributed by atoms with van der Waals surface area (Å²) in [7, 11) is 0. The second kappa shape index (κ2) is 7.44. The summed E-state index contributed by atoms with van der Waals surface area (Å²) in [4.78, 5) is 22.2. The van der Waals surface area contributed by atoms with E-state index in [0.717, 1.165) is 30.8 Å². The van der Waals surface area contributed by atoms with Gasteiger partial charge in [0, 0.05) is 12.1 Å². The first kappa shape index (κ1) is 18.2. The molecule has 2 heterocycles. The van der Waals surface area contributed by atoms with Crippen LogP contribution in [0.25, 0.3) is 11.3 Å². The van der Waals surface area contributed by atoms with Crippen molar-refractivity contribution in [3.05, 3.63) is 76.9 Å².